The Morgan fingerprint density at radius 2 is 2.33 bits per heavy atom. The van der Waals surface area contributed by atoms with Crippen molar-refractivity contribution in [2.75, 3.05) is 13.6 Å². The van der Waals surface area contributed by atoms with Gasteiger partial charge in [0.25, 0.3) is 0 Å². The van der Waals surface area contributed by atoms with Gasteiger partial charge in [-0.3, -0.25) is 0 Å². The maximum atomic E-state index is 6.29. The van der Waals surface area contributed by atoms with Crippen molar-refractivity contribution in [1.82, 2.24) is 4.90 Å². The zero-order valence-corrected chi connectivity index (χ0v) is 9.57. The van der Waals surface area contributed by atoms with Crippen LogP contribution in [0.15, 0.2) is 23.0 Å². The molecule has 1 saturated carbocycles. The van der Waals surface area contributed by atoms with Gasteiger partial charge in [0.15, 0.2) is 0 Å². The molecule has 1 aromatic rings. The Morgan fingerprint density at radius 1 is 1.60 bits per heavy atom. The Kier molecular flexibility index (Phi) is 2.85. The third-order valence-electron chi connectivity index (χ3n) is 3.15. The number of rotatable bonds is 5. The smallest absolute Gasteiger partial charge is 0.0947 e. The number of furan rings is 1. The third kappa shape index (κ3) is 2.83. The van der Waals surface area contributed by atoms with E-state index in [2.05, 4.69) is 18.9 Å². The van der Waals surface area contributed by atoms with E-state index in [0.717, 1.165) is 19.0 Å². The Balaban J connectivity index is 1.83. The minimum absolute atomic E-state index is 0.0293. The van der Waals surface area contributed by atoms with Crippen LogP contribution in [-0.2, 0) is 6.54 Å². The van der Waals surface area contributed by atoms with Crippen LogP contribution in [0.3, 0.4) is 0 Å². The molecule has 1 atom stereocenters. The predicted molar refractivity (Wildman–Crippen MR) is 60.4 cm³/mol. The van der Waals surface area contributed by atoms with E-state index in [-0.39, 0.29) is 5.54 Å². The average Bonchev–Trinajstić information content (AvgIpc) is 2.88. The molecule has 1 heterocycles. The second-order valence-electron chi connectivity index (χ2n) is 5.08. The number of nitrogens with two attached hydrogens (primary N) is 1. The van der Waals surface area contributed by atoms with E-state index in [1.165, 1.54) is 18.4 Å². The van der Waals surface area contributed by atoms with Gasteiger partial charge in [-0.2, -0.15) is 0 Å². The molecule has 0 aliphatic heterocycles. The Hall–Kier alpha value is -0.800. The summed E-state index contributed by atoms with van der Waals surface area (Å²) in [6.45, 7) is 4.02. The van der Waals surface area contributed by atoms with Crippen LogP contribution >= 0.6 is 0 Å². The first-order chi connectivity index (χ1) is 7.08. The second-order valence-corrected chi connectivity index (χ2v) is 5.08. The molecule has 0 spiro atoms. The van der Waals surface area contributed by atoms with Crippen LogP contribution < -0.4 is 5.73 Å². The Bertz CT molecular complexity index is 301. The lowest BCUT2D eigenvalue weighted by Gasteiger charge is -2.30. The minimum atomic E-state index is -0.0293. The van der Waals surface area contributed by atoms with Crippen LogP contribution in [0, 0.1) is 5.92 Å². The summed E-state index contributed by atoms with van der Waals surface area (Å²) in [4.78, 5) is 2.27. The Labute approximate surface area is 91.2 Å². The summed E-state index contributed by atoms with van der Waals surface area (Å²) in [6, 6.07) is 2.00. The fraction of sp³-hybridized carbons (Fsp3) is 0.667. The monoisotopic (exact) mass is 208 g/mol. The summed E-state index contributed by atoms with van der Waals surface area (Å²) in [5.41, 5.74) is 7.47. The van der Waals surface area contributed by atoms with E-state index in [4.69, 9.17) is 10.2 Å². The van der Waals surface area contributed by atoms with Gasteiger partial charge in [0.05, 0.1) is 12.5 Å². The standard InChI is InChI=1S/C12H20N2O/c1-12(13,11-3-4-11)9-14(2)7-10-5-6-15-8-10/h5-6,8,11H,3-4,7,9,13H2,1-2H3. The molecule has 2 N–H and O–H groups in total. The maximum Gasteiger partial charge on any atom is 0.0947 e. The second kappa shape index (κ2) is 3.99. The molecule has 2 rings (SSSR count). The summed E-state index contributed by atoms with van der Waals surface area (Å²) >= 11 is 0. The maximum absolute atomic E-state index is 6.29. The fourth-order valence-electron chi connectivity index (χ4n) is 2.20. The van der Waals surface area contributed by atoms with Crippen molar-refractivity contribution in [3.05, 3.63) is 24.2 Å². The van der Waals surface area contributed by atoms with Gasteiger partial charge in [0, 0.05) is 24.2 Å². The predicted octanol–water partition coefficient (Wildman–Crippen LogP) is 1.84. The molecule has 0 amide bonds. The molecule has 1 fully saturated rings. The minimum Gasteiger partial charge on any atom is -0.472 e. The molecule has 0 bridgehead atoms. The zero-order chi connectivity index (χ0) is 10.9. The van der Waals surface area contributed by atoms with Crippen LogP contribution in [0.1, 0.15) is 25.3 Å². The first kappa shape index (κ1) is 10.7. The molecule has 3 heteroatoms. The number of likely N-dealkylation sites (N-methyl/N-ethyl adjacent to an activating group) is 1. The zero-order valence-electron chi connectivity index (χ0n) is 9.57. The van der Waals surface area contributed by atoms with Gasteiger partial charge in [-0.15, -0.1) is 0 Å². The third-order valence-corrected chi connectivity index (χ3v) is 3.15. The molecule has 3 nitrogen and oxygen atoms in total. The summed E-state index contributed by atoms with van der Waals surface area (Å²) in [5.74, 6) is 0.726. The normalized spacial score (nSPS) is 20.5. The van der Waals surface area contributed by atoms with E-state index in [0.29, 0.717) is 0 Å². The molecule has 1 aliphatic carbocycles. The van der Waals surface area contributed by atoms with Crippen molar-refractivity contribution >= 4 is 0 Å². The van der Waals surface area contributed by atoms with Crippen molar-refractivity contribution in [1.29, 1.82) is 0 Å². The first-order valence-electron chi connectivity index (χ1n) is 5.56. The van der Waals surface area contributed by atoms with Crippen molar-refractivity contribution in [3.63, 3.8) is 0 Å². The van der Waals surface area contributed by atoms with Crippen LogP contribution in [0.4, 0.5) is 0 Å². The van der Waals surface area contributed by atoms with Gasteiger partial charge in [-0.1, -0.05) is 0 Å². The molecule has 15 heavy (non-hydrogen) atoms. The highest BCUT2D eigenvalue weighted by Gasteiger charge is 2.38. The number of nitrogens with zero attached hydrogens (tertiary/aromatic N) is 1. The van der Waals surface area contributed by atoms with Gasteiger partial charge in [-0.05, 0) is 38.8 Å². The molecule has 0 aromatic carbocycles. The van der Waals surface area contributed by atoms with Gasteiger partial charge < -0.3 is 15.1 Å². The highest BCUT2D eigenvalue weighted by Crippen LogP contribution is 2.38. The summed E-state index contributed by atoms with van der Waals surface area (Å²) < 4.78 is 5.05. The molecule has 84 valence electrons. The van der Waals surface area contributed by atoms with Crippen LogP contribution in [-0.4, -0.2) is 24.0 Å². The van der Waals surface area contributed by atoms with Gasteiger partial charge in [0.1, 0.15) is 0 Å². The van der Waals surface area contributed by atoms with E-state index >= 15 is 0 Å². The van der Waals surface area contributed by atoms with E-state index < -0.39 is 0 Å². The van der Waals surface area contributed by atoms with Crippen LogP contribution in [0.2, 0.25) is 0 Å². The Morgan fingerprint density at radius 3 is 2.87 bits per heavy atom. The molecule has 1 aliphatic rings. The molecule has 0 radical (unpaired) electrons. The van der Waals surface area contributed by atoms with Crippen molar-refractivity contribution in [3.8, 4) is 0 Å². The fourth-order valence-corrected chi connectivity index (χ4v) is 2.20. The SMILES string of the molecule is CN(Cc1ccoc1)CC(C)(N)C1CC1. The van der Waals surface area contributed by atoms with Crippen LogP contribution in [0.5, 0.6) is 0 Å². The van der Waals surface area contributed by atoms with Crippen LogP contribution in [0.25, 0.3) is 0 Å². The van der Waals surface area contributed by atoms with Gasteiger partial charge >= 0.3 is 0 Å². The average molecular weight is 208 g/mol. The quantitative estimate of drug-likeness (QED) is 0.803. The molecule has 1 unspecified atom stereocenters. The van der Waals surface area contributed by atoms with E-state index in [1.807, 2.05) is 6.07 Å². The molecular formula is C12H20N2O. The van der Waals surface area contributed by atoms with Crippen molar-refractivity contribution in [2.24, 2.45) is 11.7 Å². The summed E-state index contributed by atoms with van der Waals surface area (Å²) in [7, 11) is 2.11. The van der Waals surface area contributed by atoms with E-state index in [1.54, 1.807) is 12.5 Å². The molecule has 1 aromatic heterocycles. The van der Waals surface area contributed by atoms with Crippen molar-refractivity contribution < 1.29 is 4.42 Å². The first-order valence-corrected chi connectivity index (χ1v) is 5.56. The topological polar surface area (TPSA) is 42.4 Å². The summed E-state index contributed by atoms with van der Waals surface area (Å²) in [6.07, 6.45) is 6.10. The lowest BCUT2D eigenvalue weighted by Crippen LogP contribution is -2.48. The lowest BCUT2D eigenvalue weighted by molar-refractivity contribution is 0.232. The molecular weight excluding hydrogens is 188 g/mol. The van der Waals surface area contributed by atoms with Gasteiger partial charge in [-0.25, -0.2) is 0 Å². The number of hydrogen-bond donors (Lipinski definition) is 1. The van der Waals surface area contributed by atoms with E-state index in [9.17, 15) is 0 Å². The van der Waals surface area contributed by atoms with Crippen molar-refractivity contribution in [2.45, 2.75) is 31.8 Å². The van der Waals surface area contributed by atoms with Gasteiger partial charge in [0.2, 0.25) is 0 Å². The summed E-state index contributed by atoms with van der Waals surface area (Å²) in [5, 5.41) is 0. The number of hydrogen-bond acceptors (Lipinski definition) is 3. The largest absolute Gasteiger partial charge is 0.472 e. The lowest BCUT2D eigenvalue weighted by atomic mass is 9.97. The highest BCUT2D eigenvalue weighted by atomic mass is 16.3. The highest BCUT2D eigenvalue weighted by molar-refractivity contribution is 5.05. The molecule has 0 saturated heterocycles.